The number of rotatable bonds is 4. The zero-order valence-corrected chi connectivity index (χ0v) is 11.0. The predicted molar refractivity (Wildman–Crippen MR) is 75.0 cm³/mol. The molecule has 98 valence electrons. The minimum Gasteiger partial charge on any atom is -0.398 e. The maximum atomic E-state index is 11.3. The van der Waals surface area contributed by atoms with Crippen LogP contribution in [0.5, 0.6) is 0 Å². The average Bonchev–Trinajstić information content (AvgIpc) is 2.37. The van der Waals surface area contributed by atoms with Gasteiger partial charge in [-0.2, -0.15) is 0 Å². The van der Waals surface area contributed by atoms with E-state index < -0.39 is 0 Å². The highest BCUT2D eigenvalue weighted by Crippen LogP contribution is 2.18. The molecule has 1 heterocycles. The van der Waals surface area contributed by atoms with Gasteiger partial charge >= 0.3 is 0 Å². The number of anilines is 2. The van der Waals surface area contributed by atoms with Gasteiger partial charge in [0.1, 0.15) is 0 Å². The standard InChI is InChI=1S/C14H16N4O/c1-9-6-17-12(7-16-9)8-18-11-3-4-13(10(2)19)14(15)5-11/h3-7,18H,8,15H2,1-2H3. The highest BCUT2D eigenvalue weighted by atomic mass is 16.1. The normalized spacial score (nSPS) is 10.2. The van der Waals surface area contributed by atoms with Crippen molar-refractivity contribution in [3.8, 4) is 0 Å². The second kappa shape index (κ2) is 5.48. The minimum atomic E-state index is -0.0338. The second-order valence-electron chi connectivity index (χ2n) is 4.36. The monoisotopic (exact) mass is 256 g/mol. The Morgan fingerprint density at radius 3 is 2.68 bits per heavy atom. The van der Waals surface area contributed by atoms with Gasteiger partial charge in [-0.1, -0.05) is 0 Å². The lowest BCUT2D eigenvalue weighted by Gasteiger charge is -2.08. The quantitative estimate of drug-likeness (QED) is 0.647. The van der Waals surface area contributed by atoms with Crippen LogP contribution < -0.4 is 11.1 Å². The third kappa shape index (κ3) is 3.28. The van der Waals surface area contributed by atoms with E-state index in [1.807, 2.05) is 13.0 Å². The zero-order chi connectivity index (χ0) is 13.8. The summed E-state index contributed by atoms with van der Waals surface area (Å²) in [6.45, 7) is 3.96. The summed E-state index contributed by atoms with van der Waals surface area (Å²) >= 11 is 0. The van der Waals surface area contributed by atoms with Crippen molar-refractivity contribution >= 4 is 17.2 Å². The van der Waals surface area contributed by atoms with Crippen molar-refractivity contribution in [2.24, 2.45) is 0 Å². The van der Waals surface area contributed by atoms with Crippen LogP contribution in [0.15, 0.2) is 30.6 Å². The Bertz CT molecular complexity index is 593. The molecule has 1 aromatic heterocycles. The summed E-state index contributed by atoms with van der Waals surface area (Å²) in [5.41, 5.74) is 9.43. The van der Waals surface area contributed by atoms with Crippen molar-refractivity contribution in [1.29, 1.82) is 0 Å². The van der Waals surface area contributed by atoms with Crippen LogP contribution in [0.4, 0.5) is 11.4 Å². The number of hydrogen-bond acceptors (Lipinski definition) is 5. The lowest BCUT2D eigenvalue weighted by molar-refractivity contribution is 0.101. The Balaban J connectivity index is 2.06. The fraction of sp³-hybridized carbons (Fsp3) is 0.214. The number of hydrogen-bond donors (Lipinski definition) is 2. The Kier molecular flexibility index (Phi) is 3.75. The number of ketones is 1. The molecule has 5 nitrogen and oxygen atoms in total. The summed E-state index contributed by atoms with van der Waals surface area (Å²) in [5, 5.41) is 3.19. The van der Waals surface area contributed by atoms with Gasteiger partial charge in [0.05, 0.1) is 24.1 Å². The number of carbonyl (C=O) groups is 1. The molecule has 19 heavy (non-hydrogen) atoms. The predicted octanol–water partition coefficient (Wildman–Crippen LogP) is 2.18. The lowest BCUT2D eigenvalue weighted by Crippen LogP contribution is -2.05. The number of nitrogens with two attached hydrogens (primary N) is 1. The summed E-state index contributed by atoms with van der Waals surface area (Å²) in [6, 6.07) is 5.30. The van der Waals surface area contributed by atoms with E-state index in [2.05, 4.69) is 15.3 Å². The highest BCUT2D eigenvalue weighted by molar-refractivity contribution is 5.99. The van der Waals surface area contributed by atoms with Crippen molar-refractivity contribution in [2.45, 2.75) is 20.4 Å². The molecule has 0 amide bonds. The molecule has 0 spiro atoms. The first kappa shape index (κ1) is 13.0. The largest absolute Gasteiger partial charge is 0.398 e. The van der Waals surface area contributed by atoms with Gasteiger partial charge in [0.15, 0.2) is 5.78 Å². The molecule has 2 rings (SSSR count). The molecule has 0 aliphatic heterocycles. The van der Waals surface area contributed by atoms with Gasteiger partial charge in [-0.3, -0.25) is 14.8 Å². The van der Waals surface area contributed by atoms with E-state index in [0.717, 1.165) is 17.1 Å². The van der Waals surface area contributed by atoms with E-state index in [1.54, 1.807) is 24.5 Å². The Morgan fingerprint density at radius 2 is 2.11 bits per heavy atom. The first-order valence-electron chi connectivity index (χ1n) is 5.98. The molecule has 0 aliphatic carbocycles. The smallest absolute Gasteiger partial charge is 0.161 e. The zero-order valence-electron chi connectivity index (χ0n) is 11.0. The Hall–Kier alpha value is -2.43. The molecular formula is C14H16N4O. The van der Waals surface area contributed by atoms with Crippen LogP contribution in [-0.4, -0.2) is 15.8 Å². The third-order valence-electron chi connectivity index (χ3n) is 2.74. The van der Waals surface area contributed by atoms with E-state index in [-0.39, 0.29) is 5.78 Å². The summed E-state index contributed by atoms with van der Waals surface area (Å²) in [7, 11) is 0. The topological polar surface area (TPSA) is 80.9 Å². The third-order valence-corrected chi connectivity index (χ3v) is 2.74. The molecule has 2 aromatic rings. The Labute approximate surface area is 111 Å². The summed E-state index contributed by atoms with van der Waals surface area (Å²) in [6.07, 6.45) is 3.46. The van der Waals surface area contributed by atoms with Crippen LogP contribution in [0.25, 0.3) is 0 Å². The van der Waals surface area contributed by atoms with Gasteiger partial charge < -0.3 is 11.1 Å². The van der Waals surface area contributed by atoms with E-state index in [0.29, 0.717) is 17.8 Å². The SMILES string of the molecule is CC(=O)c1ccc(NCc2cnc(C)cn2)cc1N. The van der Waals surface area contributed by atoms with E-state index in [4.69, 9.17) is 5.73 Å². The molecule has 0 bridgehead atoms. The van der Waals surface area contributed by atoms with Crippen molar-refractivity contribution < 1.29 is 4.79 Å². The highest BCUT2D eigenvalue weighted by Gasteiger charge is 2.05. The van der Waals surface area contributed by atoms with Gasteiger partial charge in [0.2, 0.25) is 0 Å². The maximum Gasteiger partial charge on any atom is 0.161 e. The molecule has 0 atom stereocenters. The number of nitrogen functional groups attached to an aromatic ring is 1. The van der Waals surface area contributed by atoms with Crippen LogP contribution >= 0.6 is 0 Å². The van der Waals surface area contributed by atoms with Crippen LogP contribution in [0.3, 0.4) is 0 Å². The van der Waals surface area contributed by atoms with Crippen LogP contribution in [0.2, 0.25) is 0 Å². The van der Waals surface area contributed by atoms with Gasteiger partial charge in [0, 0.05) is 23.1 Å². The van der Waals surface area contributed by atoms with Crippen LogP contribution in [0.1, 0.15) is 28.7 Å². The molecule has 0 radical (unpaired) electrons. The molecule has 1 aromatic carbocycles. The van der Waals surface area contributed by atoms with Crippen molar-refractivity contribution in [3.05, 3.63) is 47.5 Å². The number of Topliss-reactive ketones (excluding diaryl/α,β-unsaturated/α-hetero) is 1. The summed E-state index contributed by atoms with van der Waals surface area (Å²) in [4.78, 5) is 19.7. The Morgan fingerprint density at radius 1 is 1.32 bits per heavy atom. The van der Waals surface area contributed by atoms with Crippen molar-refractivity contribution in [2.75, 3.05) is 11.1 Å². The lowest BCUT2D eigenvalue weighted by atomic mass is 10.1. The van der Waals surface area contributed by atoms with Gasteiger partial charge in [-0.05, 0) is 32.0 Å². The molecule has 5 heteroatoms. The van der Waals surface area contributed by atoms with Crippen molar-refractivity contribution in [1.82, 2.24) is 9.97 Å². The van der Waals surface area contributed by atoms with Gasteiger partial charge in [0.25, 0.3) is 0 Å². The molecule has 0 unspecified atom stereocenters. The van der Waals surface area contributed by atoms with E-state index >= 15 is 0 Å². The molecule has 0 fully saturated rings. The fourth-order valence-corrected chi connectivity index (χ4v) is 1.70. The fourth-order valence-electron chi connectivity index (χ4n) is 1.70. The van der Waals surface area contributed by atoms with Gasteiger partial charge in [-0.15, -0.1) is 0 Å². The number of aryl methyl sites for hydroxylation is 1. The number of nitrogens with one attached hydrogen (secondary N) is 1. The second-order valence-corrected chi connectivity index (χ2v) is 4.36. The number of benzene rings is 1. The number of nitrogens with zero attached hydrogens (tertiary/aromatic N) is 2. The first-order valence-corrected chi connectivity index (χ1v) is 5.98. The summed E-state index contributed by atoms with van der Waals surface area (Å²) in [5.74, 6) is -0.0338. The first-order chi connectivity index (χ1) is 9.06. The molecular weight excluding hydrogens is 240 g/mol. The van der Waals surface area contributed by atoms with Gasteiger partial charge in [-0.25, -0.2) is 0 Å². The van der Waals surface area contributed by atoms with E-state index in [1.165, 1.54) is 6.92 Å². The van der Waals surface area contributed by atoms with E-state index in [9.17, 15) is 4.79 Å². The molecule has 3 N–H and O–H groups in total. The van der Waals surface area contributed by atoms with Crippen molar-refractivity contribution in [3.63, 3.8) is 0 Å². The minimum absolute atomic E-state index is 0.0338. The molecule has 0 saturated heterocycles. The number of aromatic nitrogens is 2. The van der Waals surface area contributed by atoms with Crippen LogP contribution in [-0.2, 0) is 6.54 Å². The maximum absolute atomic E-state index is 11.3. The summed E-state index contributed by atoms with van der Waals surface area (Å²) < 4.78 is 0. The molecule has 0 aliphatic rings. The average molecular weight is 256 g/mol. The number of carbonyl (C=O) groups excluding carboxylic acids is 1. The van der Waals surface area contributed by atoms with Crippen LogP contribution in [0, 0.1) is 6.92 Å². The molecule has 0 saturated carbocycles.